The highest BCUT2D eigenvalue weighted by atomic mass is 19.1. The third kappa shape index (κ3) is 2.98. The van der Waals surface area contributed by atoms with Crippen LogP contribution in [-0.4, -0.2) is 29.1 Å². The van der Waals surface area contributed by atoms with Crippen molar-refractivity contribution in [3.05, 3.63) is 42.2 Å². The molecule has 1 aromatic heterocycles. The number of halogens is 1. The molecule has 1 N–H and O–H groups in total. The molecule has 0 saturated carbocycles. The van der Waals surface area contributed by atoms with E-state index in [0.717, 1.165) is 0 Å². The minimum Gasteiger partial charge on any atom is -0.493 e. The summed E-state index contributed by atoms with van der Waals surface area (Å²) in [5, 5.41) is 15.3. The van der Waals surface area contributed by atoms with Crippen LogP contribution < -0.4 is 14.8 Å². The van der Waals surface area contributed by atoms with Crippen LogP contribution in [0.25, 0.3) is 10.9 Å². The molecule has 3 aromatic rings. The number of hydrogen-bond donors (Lipinski definition) is 1. The Hall–Kier alpha value is -2.96. The third-order valence-corrected chi connectivity index (χ3v) is 3.26. The second-order valence-electron chi connectivity index (χ2n) is 4.70. The van der Waals surface area contributed by atoms with Gasteiger partial charge in [-0.15, -0.1) is 10.2 Å². The van der Waals surface area contributed by atoms with Crippen molar-refractivity contribution >= 4 is 22.4 Å². The van der Waals surface area contributed by atoms with E-state index in [4.69, 9.17) is 9.47 Å². The number of hydrogen-bond acceptors (Lipinski definition) is 6. The molecular weight excluding hydrogens is 299 g/mol. The lowest BCUT2D eigenvalue weighted by Gasteiger charge is -2.12. The molecule has 0 atom stereocenters. The molecule has 0 amide bonds. The Morgan fingerprint density at radius 1 is 1.13 bits per heavy atom. The van der Waals surface area contributed by atoms with Gasteiger partial charge in [0.15, 0.2) is 17.3 Å². The van der Waals surface area contributed by atoms with Crippen LogP contribution >= 0.6 is 0 Å². The van der Waals surface area contributed by atoms with Crippen LogP contribution in [0.15, 0.2) is 36.4 Å². The average Bonchev–Trinajstić information content (AvgIpc) is 2.57. The summed E-state index contributed by atoms with van der Waals surface area (Å²) in [5.74, 6) is 1.13. The predicted molar refractivity (Wildman–Crippen MR) is 84.7 cm³/mol. The Morgan fingerprint density at radius 2 is 1.96 bits per heavy atom. The average molecular weight is 314 g/mol. The lowest BCUT2D eigenvalue weighted by molar-refractivity contribution is 0.311. The number of anilines is 2. The number of benzene rings is 2. The van der Waals surface area contributed by atoms with E-state index < -0.39 is 0 Å². The SMILES string of the molecule is CCOc1cc2nnnc(Nc3ccccc3F)c2cc1OC. The maximum atomic E-state index is 13.8. The van der Waals surface area contributed by atoms with E-state index in [1.807, 2.05) is 6.92 Å². The highest BCUT2D eigenvalue weighted by Crippen LogP contribution is 2.34. The van der Waals surface area contributed by atoms with Crippen molar-refractivity contribution in [3.63, 3.8) is 0 Å². The van der Waals surface area contributed by atoms with Crippen LogP contribution in [0.5, 0.6) is 11.5 Å². The zero-order valence-electron chi connectivity index (χ0n) is 12.7. The zero-order valence-corrected chi connectivity index (χ0v) is 12.7. The maximum absolute atomic E-state index is 13.8. The quantitative estimate of drug-likeness (QED) is 0.779. The zero-order chi connectivity index (χ0) is 16.2. The second-order valence-corrected chi connectivity index (χ2v) is 4.70. The molecule has 0 unspecified atom stereocenters. The van der Waals surface area contributed by atoms with Crippen LogP contribution in [-0.2, 0) is 0 Å². The van der Waals surface area contributed by atoms with Gasteiger partial charge in [0.25, 0.3) is 0 Å². The molecular formula is C16H15FN4O2. The van der Waals surface area contributed by atoms with Crippen molar-refractivity contribution in [1.82, 2.24) is 15.4 Å². The van der Waals surface area contributed by atoms with Crippen LogP contribution in [0.1, 0.15) is 6.92 Å². The van der Waals surface area contributed by atoms with E-state index in [2.05, 4.69) is 20.7 Å². The first kappa shape index (κ1) is 15.0. The van der Waals surface area contributed by atoms with Gasteiger partial charge in [-0.05, 0) is 30.3 Å². The fraction of sp³-hybridized carbons (Fsp3) is 0.188. The van der Waals surface area contributed by atoms with Gasteiger partial charge in [-0.25, -0.2) is 4.39 Å². The summed E-state index contributed by atoms with van der Waals surface area (Å²) in [4.78, 5) is 0. The minimum absolute atomic E-state index is 0.308. The highest BCUT2D eigenvalue weighted by molar-refractivity contribution is 5.92. The molecule has 0 aliphatic heterocycles. The minimum atomic E-state index is -0.378. The van der Waals surface area contributed by atoms with Crippen LogP contribution in [0.4, 0.5) is 15.9 Å². The Balaban J connectivity index is 2.09. The molecule has 23 heavy (non-hydrogen) atoms. The molecule has 6 nitrogen and oxygen atoms in total. The van der Waals surface area contributed by atoms with Crippen LogP contribution in [0, 0.1) is 5.82 Å². The molecule has 2 aromatic carbocycles. The second kappa shape index (κ2) is 6.43. The Labute approximate surface area is 132 Å². The molecule has 0 bridgehead atoms. The van der Waals surface area contributed by atoms with Gasteiger partial charge in [-0.3, -0.25) is 0 Å². The first-order chi connectivity index (χ1) is 11.2. The van der Waals surface area contributed by atoms with Crippen molar-refractivity contribution in [2.75, 3.05) is 19.0 Å². The van der Waals surface area contributed by atoms with Gasteiger partial charge in [0.05, 0.1) is 24.8 Å². The van der Waals surface area contributed by atoms with E-state index in [0.29, 0.717) is 40.5 Å². The van der Waals surface area contributed by atoms with Crippen molar-refractivity contribution in [2.24, 2.45) is 0 Å². The van der Waals surface area contributed by atoms with Crippen molar-refractivity contribution in [2.45, 2.75) is 6.92 Å². The topological polar surface area (TPSA) is 69.2 Å². The maximum Gasteiger partial charge on any atom is 0.164 e. The Bertz CT molecular complexity index is 841. The summed E-state index contributed by atoms with van der Waals surface area (Å²) in [6.07, 6.45) is 0. The van der Waals surface area contributed by atoms with E-state index in [1.165, 1.54) is 6.07 Å². The highest BCUT2D eigenvalue weighted by Gasteiger charge is 2.13. The predicted octanol–water partition coefficient (Wildman–Crippen LogP) is 3.31. The lowest BCUT2D eigenvalue weighted by Crippen LogP contribution is -2.02. The monoisotopic (exact) mass is 314 g/mol. The number of rotatable bonds is 5. The molecule has 0 saturated heterocycles. The standard InChI is InChI=1S/C16H15FN4O2/c1-3-23-15-9-13-10(8-14(15)22-2)16(20-21-19-13)18-12-7-5-4-6-11(12)17/h4-9H,3H2,1-2H3,(H,18,19,20). The number of nitrogens with one attached hydrogen (secondary N) is 1. The molecule has 1 heterocycles. The van der Waals surface area contributed by atoms with Gasteiger partial charge in [0, 0.05) is 6.07 Å². The molecule has 3 rings (SSSR count). The van der Waals surface area contributed by atoms with Crippen molar-refractivity contribution < 1.29 is 13.9 Å². The van der Waals surface area contributed by atoms with E-state index in [1.54, 1.807) is 37.4 Å². The number of fused-ring (bicyclic) bond motifs is 1. The van der Waals surface area contributed by atoms with Gasteiger partial charge in [-0.2, -0.15) is 0 Å². The van der Waals surface area contributed by atoms with Crippen molar-refractivity contribution in [1.29, 1.82) is 0 Å². The van der Waals surface area contributed by atoms with Crippen LogP contribution in [0.3, 0.4) is 0 Å². The molecule has 0 radical (unpaired) electrons. The van der Waals surface area contributed by atoms with Crippen molar-refractivity contribution in [3.8, 4) is 11.5 Å². The lowest BCUT2D eigenvalue weighted by atomic mass is 10.2. The normalized spacial score (nSPS) is 10.6. The summed E-state index contributed by atoms with van der Waals surface area (Å²) in [6, 6.07) is 9.80. The third-order valence-electron chi connectivity index (χ3n) is 3.26. The molecule has 0 aliphatic rings. The summed E-state index contributed by atoms with van der Waals surface area (Å²) in [5.41, 5.74) is 0.880. The van der Waals surface area contributed by atoms with E-state index >= 15 is 0 Å². The summed E-state index contributed by atoms with van der Waals surface area (Å²) < 4.78 is 24.7. The smallest absolute Gasteiger partial charge is 0.164 e. The van der Waals surface area contributed by atoms with Crippen LogP contribution in [0.2, 0.25) is 0 Å². The fourth-order valence-electron chi connectivity index (χ4n) is 2.20. The molecule has 0 spiro atoms. The fourth-order valence-corrected chi connectivity index (χ4v) is 2.20. The summed E-state index contributed by atoms with van der Waals surface area (Å²) >= 11 is 0. The first-order valence-corrected chi connectivity index (χ1v) is 7.08. The number of nitrogens with zero attached hydrogens (tertiary/aromatic N) is 3. The van der Waals surface area contributed by atoms with Gasteiger partial charge < -0.3 is 14.8 Å². The van der Waals surface area contributed by atoms with Gasteiger partial charge in [0.1, 0.15) is 11.3 Å². The summed E-state index contributed by atoms with van der Waals surface area (Å²) in [7, 11) is 1.55. The van der Waals surface area contributed by atoms with Gasteiger partial charge in [0.2, 0.25) is 0 Å². The molecule has 0 fully saturated rings. The summed E-state index contributed by atoms with van der Waals surface area (Å²) in [6.45, 7) is 2.38. The number of ether oxygens (including phenoxy) is 2. The van der Waals surface area contributed by atoms with E-state index in [-0.39, 0.29) is 5.82 Å². The Kier molecular flexibility index (Phi) is 4.18. The number of para-hydroxylation sites is 1. The van der Waals surface area contributed by atoms with Gasteiger partial charge in [-0.1, -0.05) is 12.1 Å². The number of methoxy groups -OCH3 is 1. The van der Waals surface area contributed by atoms with Gasteiger partial charge >= 0.3 is 0 Å². The molecule has 7 heteroatoms. The Morgan fingerprint density at radius 3 is 2.70 bits per heavy atom. The molecule has 0 aliphatic carbocycles. The largest absolute Gasteiger partial charge is 0.493 e. The number of aromatic nitrogens is 3. The molecule has 118 valence electrons. The first-order valence-electron chi connectivity index (χ1n) is 7.08. The van der Waals surface area contributed by atoms with E-state index in [9.17, 15) is 4.39 Å².